The van der Waals surface area contributed by atoms with Gasteiger partial charge in [0.2, 0.25) is 0 Å². The molecule has 21 heavy (non-hydrogen) atoms. The third-order valence-electron chi connectivity index (χ3n) is 3.26. The summed E-state index contributed by atoms with van der Waals surface area (Å²) in [7, 11) is 0. The fraction of sp³-hybridized carbons (Fsp3) is 0.462. The Morgan fingerprint density at radius 1 is 1.33 bits per heavy atom. The van der Waals surface area contributed by atoms with E-state index in [-0.39, 0.29) is 24.6 Å². The number of carbonyl (C=O) groups excluding carboxylic acids is 1. The fourth-order valence-corrected chi connectivity index (χ4v) is 2.13. The first kappa shape index (κ1) is 17.6. The van der Waals surface area contributed by atoms with Gasteiger partial charge >= 0.3 is 12.3 Å². The number of alkyl carbamates (subject to hydrolysis) is 1. The predicted octanol–water partition coefficient (Wildman–Crippen LogP) is 4.07. The maximum absolute atomic E-state index is 13.9. The predicted molar refractivity (Wildman–Crippen MR) is 69.7 cm³/mol. The van der Waals surface area contributed by atoms with Crippen molar-refractivity contribution in [1.29, 1.82) is 0 Å². The molecule has 1 amide bonds. The molecular formula is C13H14ClF4NO2. The van der Waals surface area contributed by atoms with Crippen molar-refractivity contribution in [2.24, 2.45) is 5.41 Å². The van der Waals surface area contributed by atoms with E-state index in [0.29, 0.717) is 6.07 Å². The maximum atomic E-state index is 13.9. The average molecular weight is 328 g/mol. The van der Waals surface area contributed by atoms with Gasteiger partial charge in [0.1, 0.15) is 12.4 Å². The third kappa shape index (κ3) is 3.58. The number of ether oxygens (including phenoxy) is 1. The van der Waals surface area contributed by atoms with Crippen molar-refractivity contribution in [3.8, 4) is 0 Å². The summed E-state index contributed by atoms with van der Waals surface area (Å²) in [5.74, 6) is -1.000. The van der Waals surface area contributed by atoms with E-state index in [4.69, 9.17) is 4.74 Å². The SMILES string of the molecule is CC1(C)COC(=O)N[C@@H]1c1ccc(C(F)(F)F)cc1F.Cl. The number of cyclic esters (lactones) is 1. The number of hydrogen-bond donors (Lipinski definition) is 1. The van der Waals surface area contributed by atoms with Crippen molar-refractivity contribution < 1.29 is 27.1 Å². The smallest absolute Gasteiger partial charge is 0.416 e. The molecule has 2 rings (SSSR count). The molecule has 0 aromatic heterocycles. The van der Waals surface area contributed by atoms with E-state index in [1.807, 2.05) is 0 Å². The van der Waals surface area contributed by atoms with Crippen LogP contribution in [-0.2, 0) is 10.9 Å². The number of carbonyl (C=O) groups is 1. The Hall–Kier alpha value is -1.50. The van der Waals surface area contributed by atoms with Crippen LogP contribution in [0, 0.1) is 11.2 Å². The second kappa shape index (κ2) is 5.71. The topological polar surface area (TPSA) is 38.3 Å². The van der Waals surface area contributed by atoms with Crippen molar-refractivity contribution in [1.82, 2.24) is 5.32 Å². The van der Waals surface area contributed by atoms with Gasteiger partial charge in [-0.05, 0) is 12.1 Å². The molecule has 0 radical (unpaired) electrons. The Bertz CT molecular complexity index is 545. The van der Waals surface area contributed by atoms with Gasteiger partial charge < -0.3 is 10.1 Å². The van der Waals surface area contributed by atoms with Crippen LogP contribution in [0.5, 0.6) is 0 Å². The summed E-state index contributed by atoms with van der Waals surface area (Å²) in [4.78, 5) is 11.2. The third-order valence-corrected chi connectivity index (χ3v) is 3.26. The number of benzene rings is 1. The summed E-state index contributed by atoms with van der Waals surface area (Å²) in [6.07, 6.45) is -5.32. The molecule has 3 nitrogen and oxygen atoms in total. The minimum absolute atomic E-state index is 0. The van der Waals surface area contributed by atoms with E-state index < -0.39 is 35.1 Å². The van der Waals surface area contributed by atoms with Crippen molar-refractivity contribution in [3.05, 3.63) is 35.1 Å². The summed E-state index contributed by atoms with van der Waals surface area (Å²) < 4.78 is 56.3. The Morgan fingerprint density at radius 3 is 2.48 bits per heavy atom. The molecule has 1 N–H and O–H groups in total. The number of hydrogen-bond acceptors (Lipinski definition) is 2. The second-order valence-electron chi connectivity index (χ2n) is 5.38. The molecule has 1 saturated heterocycles. The van der Waals surface area contributed by atoms with Gasteiger partial charge in [0.15, 0.2) is 0 Å². The van der Waals surface area contributed by atoms with E-state index in [9.17, 15) is 22.4 Å². The summed E-state index contributed by atoms with van der Waals surface area (Å²) in [5, 5.41) is 2.44. The van der Waals surface area contributed by atoms with E-state index >= 15 is 0 Å². The molecular weight excluding hydrogens is 314 g/mol. The zero-order valence-corrected chi connectivity index (χ0v) is 12.1. The number of alkyl halides is 3. The van der Waals surface area contributed by atoms with Crippen molar-refractivity contribution in [2.75, 3.05) is 6.61 Å². The number of amides is 1. The summed E-state index contributed by atoms with van der Waals surface area (Å²) in [5.41, 5.74) is -1.68. The Balaban J connectivity index is 0.00000220. The Morgan fingerprint density at radius 2 is 1.95 bits per heavy atom. The molecule has 0 unspecified atom stereocenters. The molecule has 1 aromatic rings. The first-order chi connectivity index (χ1) is 9.11. The van der Waals surface area contributed by atoms with Crippen LogP contribution >= 0.6 is 12.4 Å². The zero-order chi connectivity index (χ0) is 15.1. The standard InChI is InChI=1S/C13H13F4NO2.ClH/c1-12(2)6-20-11(19)18-10(12)8-4-3-7(5-9(8)14)13(15,16)17;/h3-5,10H,6H2,1-2H3,(H,18,19);1H/t10-;/m1./s1. The first-order valence-electron chi connectivity index (χ1n) is 5.91. The minimum atomic E-state index is -4.60. The van der Waals surface area contributed by atoms with Gasteiger partial charge in [-0.2, -0.15) is 13.2 Å². The van der Waals surface area contributed by atoms with Gasteiger partial charge in [0, 0.05) is 11.0 Å². The first-order valence-corrected chi connectivity index (χ1v) is 5.91. The van der Waals surface area contributed by atoms with E-state index in [1.54, 1.807) is 13.8 Å². The normalized spacial score (nSPS) is 21.0. The van der Waals surface area contributed by atoms with E-state index in [2.05, 4.69) is 5.32 Å². The van der Waals surface area contributed by atoms with Gasteiger partial charge in [-0.25, -0.2) is 9.18 Å². The fourth-order valence-electron chi connectivity index (χ4n) is 2.13. The lowest BCUT2D eigenvalue weighted by Gasteiger charge is -2.38. The second-order valence-corrected chi connectivity index (χ2v) is 5.38. The summed E-state index contributed by atoms with van der Waals surface area (Å²) in [6.45, 7) is 3.52. The largest absolute Gasteiger partial charge is 0.449 e. The van der Waals surface area contributed by atoms with Gasteiger partial charge in [0.05, 0.1) is 11.6 Å². The van der Waals surface area contributed by atoms with Gasteiger partial charge in [-0.1, -0.05) is 19.9 Å². The van der Waals surface area contributed by atoms with Crippen LogP contribution in [0.3, 0.4) is 0 Å². The van der Waals surface area contributed by atoms with Crippen LogP contribution in [0.2, 0.25) is 0 Å². The lowest BCUT2D eigenvalue weighted by Crippen LogP contribution is -2.47. The number of halogens is 5. The number of nitrogens with one attached hydrogen (secondary N) is 1. The minimum Gasteiger partial charge on any atom is -0.449 e. The van der Waals surface area contributed by atoms with Gasteiger partial charge in [-0.3, -0.25) is 0 Å². The quantitative estimate of drug-likeness (QED) is 0.789. The molecule has 0 aliphatic carbocycles. The highest BCUT2D eigenvalue weighted by Gasteiger charge is 2.40. The highest BCUT2D eigenvalue weighted by atomic mass is 35.5. The molecule has 1 atom stereocenters. The number of rotatable bonds is 1. The van der Waals surface area contributed by atoms with Crippen molar-refractivity contribution >= 4 is 18.5 Å². The maximum Gasteiger partial charge on any atom is 0.416 e. The van der Waals surface area contributed by atoms with Crippen LogP contribution in [0.1, 0.15) is 31.0 Å². The molecule has 1 aromatic carbocycles. The molecule has 1 fully saturated rings. The van der Waals surface area contributed by atoms with Crippen molar-refractivity contribution in [3.63, 3.8) is 0 Å². The summed E-state index contributed by atoms with van der Waals surface area (Å²) >= 11 is 0. The van der Waals surface area contributed by atoms with Crippen LogP contribution < -0.4 is 5.32 Å². The van der Waals surface area contributed by atoms with Crippen LogP contribution in [0.25, 0.3) is 0 Å². The van der Waals surface area contributed by atoms with Crippen molar-refractivity contribution in [2.45, 2.75) is 26.1 Å². The lowest BCUT2D eigenvalue weighted by atomic mass is 9.80. The Kier molecular flexibility index (Phi) is 4.77. The van der Waals surface area contributed by atoms with Crippen LogP contribution in [-0.4, -0.2) is 12.7 Å². The van der Waals surface area contributed by atoms with Gasteiger partial charge in [0.25, 0.3) is 0 Å². The van der Waals surface area contributed by atoms with Gasteiger partial charge in [-0.15, -0.1) is 12.4 Å². The Labute approximate surface area is 125 Å². The molecule has 1 aliphatic rings. The monoisotopic (exact) mass is 327 g/mol. The van der Waals surface area contributed by atoms with E-state index in [1.165, 1.54) is 0 Å². The molecule has 0 spiro atoms. The van der Waals surface area contributed by atoms with E-state index in [0.717, 1.165) is 12.1 Å². The summed E-state index contributed by atoms with van der Waals surface area (Å²) in [6, 6.07) is 1.55. The van der Waals surface area contributed by atoms with Crippen LogP contribution in [0.4, 0.5) is 22.4 Å². The molecule has 8 heteroatoms. The van der Waals surface area contributed by atoms with Crippen LogP contribution in [0.15, 0.2) is 18.2 Å². The highest BCUT2D eigenvalue weighted by Crippen LogP contribution is 2.39. The molecule has 0 bridgehead atoms. The average Bonchev–Trinajstić information content (AvgIpc) is 2.31. The lowest BCUT2D eigenvalue weighted by molar-refractivity contribution is -0.137. The molecule has 1 aliphatic heterocycles. The molecule has 0 saturated carbocycles. The molecule has 1 heterocycles. The molecule has 118 valence electrons. The zero-order valence-electron chi connectivity index (χ0n) is 11.3. The highest BCUT2D eigenvalue weighted by molar-refractivity contribution is 5.85.